The molecule has 1 heterocycles. The number of carbonyl (C=O) groups is 1. The van der Waals surface area contributed by atoms with Gasteiger partial charge in [-0.15, -0.1) is 0 Å². The van der Waals surface area contributed by atoms with Crippen LogP contribution < -0.4 is 0 Å². The number of ether oxygens (including phenoxy) is 1. The summed E-state index contributed by atoms with van der Waals surface area (Å²) in [6.45, 7) is 0.189. The number of halogens is 2. The minimum atomic E-state index is -3.90. The monoisotopic (exact) mass is 464 g/mol. The summed E-state index contributed by atoms with van der Waals surface area (Å²) in [6.07, 6.45) is 3.23. The summed E-state index contributed by atoms with van der Waals surface area (Å²) in [5.41, 5.74) is 1.81. The molecule has 0 aliphatic heterocycles. The number of sulfonamides is 1. The number of carbonyl (C=O) groups excluding carboxylic acids is 1. The average Bonchev–Trinajstić information content (AvgIpc) is 2.75. The van der Waals surface area contributed by atoms with Crippen molar-refractivity contribution in [2.45, 2.75) is 18.0 Å². The second-order valence-corrected chi connectivity index (χ2v) is 9.15. The summed E-state index contributed by atoms with van der Waals surface area (Å²) in [6, 6.07) is 14.3. The molecule has 0 saturated carbocycles. The lowest BCUT2D eigenvalue weighted by Crippen LogP contribution is -2.30. The smallest absolute Gasteiger partial charge is 0.337 e. The van der Waals surface area contributed by atoms with Crippen molar-refractivity contribution in [2.75, 3.05) is 7.11 Å². The van der Waals surface area contributed by atoms with Gasteiger partial charge in [-0.1, -0.05) is 41.4 Å². The molecule has 9 heteroatoms. The molecule has 0 bridgehead atoms. The van der Waals surface area contributed by atoms with E-state index in [4.69, 9.17) is 27.9 Å². The number of hydrogen-bond donors (Lipinski definition) is 0. The van der Waals surface area contributed by atoms with Crippen LogP contribution >= 0.6 is 23.2 Å². The number of esters is 1. The number of aromatic nitrogens is 1. The van der Waals surface area contributed by atoms with Crippen LogP contribution in [0.15, 0.2) is 71.9 Å². The minimum absolute atomic E-state index is 0.0342. The Morgan fingerprint density at radius 3 is 2.30 bits per heavy atom. The van der Waals surface area contributed by atoms with Crippen molar-refractivity contribution >= 4 is 39.2 Å². The highest BCUT2D eigenvalue weighted by Crippen LogP contribution is 2.28. The Morgan fingerprint density at radius 1 is 1.00 bits per heavy atom. The molecule has 1 aromatic heterocycles. The molecule has 2 aromatic carbocycles. The number of pyridine rings is 1. The second-order valence-electron chi connectivity index (χ2n) is 6.40. The molecule has 0 spiro atoms. The molecule has 0 radical (unpaired) electrons. The van der Waals surface area contributed by atoms with Gasteiger partial charge in [0, 0.05) is 25.5 Å². The Kier molecular flexibility index (Phi) is 7.10. The predicted molar refractivity (Wildman–Crippen MR) is 115 cm³/mol. The highest BCUT2D eigenvalue weighted by molar-refractivity contribution is 7.89. The van der Waals surface area contributed by atoms with Crippen molar-refractivity contribution < 1.29 is 17.9 Å². The summed E-state index contributed by atoms with van der Waals surface area (Å²) >= 11 is 12.0. The summed E-state index contributed by atoms with van der Waals surface area (Å²) in [4.78, 5) is 15.7. The van der Waals surface area contributed by atoms with Gasteiger partial charge in [-0.25, -0.2) is 13.2 Å². The Morgan fingerprint density at radius 2 is 1.70 bits per heavy atom. The van der Waals surface area contributed by atoms with E-state index in [-0.39, 0.29) is 28.0 Å². The minimum Gasteiger partial charge on any atom is -0.465 e. The van der Waals surface area contributed by atoms with Gasteiger partial charge in [-0.2, -0.15) is 4.31 Å². The lowest BCUT2D eigenvalue weighted by Gasteiger charge is -2.23. The molecule has 0 fully saturated rings. The van der Waals surface area contributed by atoms with E-state index >= 15 is 0 Å². The quantitative estimate of drug-likeness (QED) is 0.478. The Balaban J connectivity index is 1.95. The summed E-state index contributed by atoms with van der Waals surface area (Å²) in [5.74, 6) is -0.461. The zero-order valence-electron chi connectivity index (χ0n) is 16.0. The normalized spacial score (nSPS) is 11.5. The molecule has 3 aromatic rings. The SMILES string of the molecule is COC(=O)c1ccc(CN(Cc2cccnc2)S(=O)(=O)c2ccc(Cl)c(Cl)c2)cc1. The van der Waals surface area contributed by atoms with E-state index in [0.717, 1.165) is 5.56 Å². The molecular formula is C21H18Cl2N2O4S. The van der Waals surface area contributed by atoms with Gasteiger partial charge < -0.3 is 4.74 Å². The highest BCUT2D eigenvalue weighted by Gasteiger charge is 2.26. The van der Waals surface area contributed by atoms with Crippen LogP contribution in [0, 0.1) is 0 Å². The Bertz CT molecular complexity index is 1140. The summed E-state index contributed by atoms with van der Waals surface area (Å²) < 4.78 is 32.7. The fraction of sp³-hybridized carbons (Fsp3) is 0.143. The molecule has 0 aliphatic rings. The van der Waals surface area contributed by atoms with Crippen molar-refractivity contribution in [1.82, 2.24) is 9.29 Å². The molecular weight excluding hydrogens is 447 g/mol. The largest absolute Gasteiger partial charge is 0.465 e. The zero-order chi connectivity index (χ0) is 21.7. The van der Waals surface area contributed by atoms with Crippen LogP contribution in [-0.2, 0) is 27.8 Å². The number of nitrogens with zero attached hydrogens (tertiary/aromatic N) is 2. The average molecular weight is 465 g/mol. The van der Waals surface area contributed by atoms with Gasteiger partial charge in [0.25, 0.3) is 0 Å². The summed E-state index contributed by atoms with van der Waals surface area (Å²) in [7, 11) is -2.60. The maximum absolute atomic E-state index is 13.4. The molecule has 30 heavy (non-hydrogen) atoms. The lowest BCUT2D eigenvalue weighted by molar-refractivity contribution is 0.0600. The number of hydrogen-bond acceptors (Lipinski definition) is 5. The van der Waals surface area contributed by atoms with Gasteiger partial charge >= 0.3 is 5.97 Å². The zero-order valence-corrected chi connectivity index (χ0v) is 18.3. The third-order valence-corrected chi connectivity index (χ3v) is 6.87. The molecule has 0 saturated heterocycles. The molecule has 3 rings (SSSR count). The number of methoxy groups -OCH3 is 1. The van der Waals surface area contributed by atoms with Crippen LogP contribution in [0.1, 0.15) is 21.5 Å². The van der Waals surface area contributed by atoms with E-state index in [1.165, 1.54) is 29.6 Å². The molecule has 0 atom stereocenters. The van der Waals surface area contributed by atoms with Crippen molar-refractivity contribution in [3.05, 3.63) is 93.7 Å². The van der Waals surface area contributed by atoms with E-state index in [9.17, 15) is 13.2 Å². The Labute approximate surface area is 185 Å². The van der Waals surface area contributed by atoms with Crippen molar-refractivity contribution in [3.8, 4) is 0 Å². The van der Waals surface area contributed by atoms with Gasteiger partial charge in [0.05, 0.1) is 27.6 Å². The number of rotatable bonds is 7. The van der Waals surface area contributed by atoms with Crippen LogP contribution in [0.5, 0.6) is 0 Å². The van der Waals surface area contributed by atoms with E-state index in [1.54, 1.807) is 48.8 Å². The first kappa shape index (κ1) is 22.2. The van der Waals surface area contributed by atoms with Crippen LogP contribution in [0.3, 0.4) is 0 Å². The maximum Gasteiger partial charge on any atom is 0.337 e. The van der Waals surface area contributed by atoms with Crippen molar-refractivity contribution in [1.29, 1.82) is 0 Å². The molecule has 0 aliphatic carbocycles. The molecule has 0 unspecified atom stereocenters. The fourth-order valence-electron chi connectivity index (χ4n) is 2.78. The first-order valence-corrected chi connectivity index (χ1v) is 11.0. The maximum atomic E-state index is 13.4. The van der Waals surface area contributed by atoms with E-state index < -0.39 is 16.0 Å². The predicted octanol–water partition coefficient (Wildman–Crippen LogP) is 4.57. The molecule has 0 N–H and O–H groups in total. The standard InChI is InChI=1S/C21H18Cl2N2O4S/c1-29-21(26)17-6-4-15(5-7-17)13-25(14-16-3-2-10-24-12-16)30(27,28)18-8-9-19(22)20(23)11-18/h2-12H,13-14H2,1H3. The van der Waals surface area contributed by atoms with Crippen molar-refractivity contribution in [3.63, 3.8) is 0 Å². The molecule has 156 valence electrons. The van der Waals surface area contributed by atoms with Gasteiger partial charge in [0.2, 0.25) is 10.0 Å². The highest BCUT2D eigenvalue weighted by atomic mass is 35.5. The van der Waals surface area contributed by atoms with E-state index in [2.05, 4.69) is 4.98 Å². The van der Waals surface area contributed by atoms with Crippen LogP contribution in [0.4, 0.5) is 0 Å². The van der Waals surface area contributed by atoms with Gasteiger partial charge in [0.15, 0.2) is 0 Å². The van der Waals surface area contributed by atoms with Gasteiger partial charge in [0.1, 0.15) is 0 Å². The third-order valence-electron chi connectivity index (χ3n) is 4.34. The second kappa shape index (κ2) is 9.57. The van der Waals surface area contributed by atoms with Crippen LogP contribution in [-0.4, -0.2) is 30.8 Å². The van der Waals surface area contributed by atoms with Gasteiger partial charge in [-0.05, 0) is 47.5 Å². The Hall–Kier alpha value is -2.45. The van der Waals surface area contributed by atoms with Crippen molar-refractivity contribution in [2.24, 2.45) is 0 Å². The van der Waals surface area contributed by atoms with Crippen LogP contribution in [0.25, 0.3) is 0 Å². The van der Waals surface area contributed by atoms with Gasteiger partial charge in [-0.3, -0.25) is 4.98 Å². The molecule has 0 amide bonds. The lowest BCUT2D eigenvalue weighted by atomic mass is 10.1. The fourth-order valence-corrected chi connectivity index (χ4v) is 4.58. The number of benzene rings is 2. The van der Waals surface area contributed by atoms with E-state index in [1.807, 2.05) is 0 Å². The first-order valence-electron chi connectivity index (χ1n) is 8.82. The summed E-state index contributed by atoms with van der Waals surface area (Å²) in [5, 5.41) is 0.425. The molecule has 6 nitrogen and oxygen atoms in total. The topological polar surface area (TPSA) is 76.6 Å². The first-order chi connectivity index (χ1) is 14.3. The third kappa shape index (κ3) is 5.17. The van der Waals surface area contributed by atoms with Crippen LogP contribution in [0.2, 0.25) is 10.0 Å². The van der Waals surface area contributed by atoms with E-state index in [0.29, 0.717) is 11.1 Å².